The summed E-state index contributed by atoms with van der Waals surface area (Å²) < 4.78 is 16.2. The lowest BCUT2D eigenvalue weighted by molar-refractivity contribution is 0.575. The highest BCUT2D eigenvalue weighted by Gasteiger charge is 2.39. The van der Waals surface area contributed by atoms with E-state index in [4.69, 9.17) is 5.10 Å². The molecule has 2 aromatic carbocycles. The van der Waals surface area contributed by atoms with Gasteiger partial charge in [0, 0.05) is 48.4 Å². The van der Waals surface area contributed by atoms with Crippen LogP contribution in [0.1, 0.15) is 24.9 Å². The lowest BCUT2D eigenvalue weighted by Crippen LogP contribution is -2.43. The minimum Gasteiger partial charge on any atom is -0.363 e. The first kappa shape index (κ1) is 19.3. The molecule has 2 N–H and O–H groups in total. The number of benzene rings is 2. The van der Waals surface area contributed by atoms with Gasteiger partial charge in [-0.1, -0.05) is 30.3 Å². The number of hydrogen-bond acceptors (Lipinski definition) is 5. The Bertz CT molecular complexity index is 1280. The van der Waals surface area contributed by atoms with E-state index in [-0.39, 0.29) is 11.9 Å². The Balaban J connectivity index is 1.35. The molecule has 32 heavy (non-hydrogen) atoms. The van der Waals surface area contributed by atoms with Crippen molar-refractivity contribution in [1.82, 2.24) is 20.1 Å². The van der Waals surface area contributed by atoms with E-state index < -0.39 is 0 Å². The number of nitrogens with one attached hydrogen (secondary N) is 2. The minimum atomic E-state index is -0.222. The van der Waals surface area contributed by atoms with Gasteiger partial charge in [0.2, 0.25) is 0 Å². The summed E-state index contributed by atoms with van der Waals surface area (Å²) >= 11 is 0. The number of hydrogen-bond donors (Lipinski definition) is 2. The van der Waals surface area contributed by atoms with Gasteiger partial charge in [0.1, 0.15) is 11.6 Å². The van der Waals surface area contributed by atoms with Crippen LogP contribution in [0.25, 0.3) is 16.6 Å². The SMILES string of the molecule is CC(Nc1cc(-n2nc(N3C[C@@H]4C[C@H]3CN4)c3ccccc32)ccn1)c1ccccc1F. The van der Waals surface area contributed by atoms with E-state index in [1.54, 1.807) is 18.3 Å². The zero-order valence-electron chi connectivity index (χ0n) is 17.9. The smallest absolute Gasteiger partial charge is 0.159 e. The average molecular weight is 429 g/mol. The normalized spacial score (nSPS) is 20.8. The minimum absolute atomic E-state index is 0.212. The molecule has 1 unspecified atom stereocenters. The molecule has 3 atom stereocenters. The van der Waals surface area contributed by atoms with Crippen LogP contribution in [0.15, 0.2) is 66.9 Å². The van der Waals surface area contributed by atoms with Gasteiger partial charge in [-0.05, 0) is 37.6 Å². The van der Waals surface area contributed by atoms with E-state index in [1.165, 1.54) is 12.5 Å². The fourth-order valence-electron chi connectivity index (χ4n) is 5.03. The van der Waals surface area contributed by atoms with Crippen LogP contribution >= 0.6 is 0 Å². The first-order valence-corrected chi connectivity index (χ1v) is 11.1. The van der Waals surface area contributed by atoms with Gasteiger partial charge < -0.3 is 15.5 Å². The highest BCUT2D eigenvalue weighted by atomic mass is 19.1. The van der Waals surface area contributed by atoms with Crippen LogP contribution in [-0.4, -0.2) is 39.9 Å². The van der Waals surface area contributed by atoms with E-state index in [9.17, 15) is 4.39 Å². The van der Waals surface area contributed by atoms with Crippen molar-refractivity contribution in [3.8, 4) is 5.69 Å². The molecule has 4 heterocycles. The monoisotopic (exact) mass is 428 g/mol. The first-order valence-electron chi connectivity index (χ1n) is 11.1. The Morgan fingerprint density at radius 2 is 1.97 bits per heavy atom. The molecule has 7 heteroatoms. The zero-order valence-corrected chi connectivity index (χ0v) is 17.9. The van der Waals surface area contributed by atoms with Gasteiger partial charge in [0.25, 0.3) is 0 Å². The number of anilines is 2. The predicted molar refractivity (Wildman–Crippen MR) is 125 cm³/mol. The second kappa shape index (κ2) is 7.60. The molecule has 0 saturated carbocycles. The van der Waals surface area contributed by atoms with E-state index in [1.807, 2.05) is 35.9 Å². The Morgan fingerprint density at radius 3 is 2.78 bits per heavy atom. The van der Waals surface area contributed by atoms with Crippen LogP contribution in [0.3, 0.4) is 0 Å². The second-order valence-corrected chi connectivity index (χ2v) is 8.69. The molecule has 4 aromatic rings. The number of pyridine rings is 1. The number of rotatable bonds is 5. The van der Waals surface area contributed by atoms with E-state index in [2.05, 4.69) is 38.7 Å². The van der Waals surface area contributed by atoms with Crippen molar-refractivity contribution >= 4 is 22.5 Å². The maximum Gasteiger partial charge on any atom is 0.159 e. The van der Waals surface area contributed by atoms with Crippen molar-refractivity contribution < 1.29 is 4.39 Å². The Labute approximate surface area is 186 Å². The lowest BCUT2D eigenvalue weighted by atomic mass is 10.1. The molecule has 2 saturated heterocycles. The summed E-state index contributed by atoms with van der Waals surface area (Å²) in [5.74, 6) is 1.50. The van der Waals surface area contributed by atoms with E-state index in [0.29, 0.717) is 23.5 Å². The number of fused-ring (bicyclic) bond motifs is 3. The molecule has 2 aliphatic heterocycles. The van der Waals surface area contributed by atoms with Crippen LogP contribution in [0.2, 0.25) is 0 Å². The summed E-state index contributed by atoms with van der Waals surface area (Å²) in [7, 11) is 0. The number of halogens is 1. The molecule has 2 fully saturated rings. The van der Waals surface area contributed by atoms with Crippen molar-refractivity contribution in [2.45, 2.75) is 31.5 Å². The third kappa shape index (κ3) is 3.20. The van der Waals surface area contributed by atoms with Crippen LogP contribution < -0.4 is 15.5 Å². The van der Waals surface area contributed by atoms with Crippen LogP contribution in [-0.2, 0) is 0 Å². The van der Waals surface area contributed by atoms with Crippen LogP contribution in [0.4, 0.5) is 16.0 Å². The summed E-state index contributed by atoms with van der Waals surface area (Å²) in [5, 5.41) is 13.1. The van der Waals surface area contributed by atoms with Crippen LogP contribution in [0, 0.1) is 5.82 Å². The molecular weight excluding hydrogens is 403 g/mol. The highest BCUT2D eigenvalue weighted by molar-refractivity contribution is 5.92. The largest absolute Gasteiger partial charge is 0.363 e. The molecule has 162 valence electrons. The molecule has 0 amide bonds. The molecule has 2 aromatic heterocycles. The maximum atomic E-state index is 14.2. The Morgan fingerprint density at radius 1 is 1.12 bits per heavy atom. The topological polar surface area (TPSA) is 58.0 Å². The van der Waals surface area contributed by atoms with Crippen molar-refractivity contribution in [2.24, 2.45) is 0 Å². The molecule has 0 aliphatic carbocycles. The molecule has 6 rings (SSSR count). The summed E-state index contributed by atoms with van der Waals surface area (Å²) in [5.41, 5.74) is 2.61. The summed E-state index contributed by atoms with van der Waals surface area (Å²) in [6, 6.07) is 20.0. The molecule has 0 spiro atoms. The third-order valence-electron chi connectivity index (χ3n) is 6.62. The molecule has 0 radical (unpaired) electrons. The van der Waals surface area contributed by atoms with E-state index in [0.717, 1.165) is 35.5 Å². The van der Waals surface area contributed by atoms with Gasteiger partial charge in [-0.2, -0.15) is 0 Å². The van der Waals surface area contributed by atoms with Gasteiger partial charge in [-0.25, -0.2) is 14.1 Å². The van der Waals surface area contributed by atoms with Gasteiger partial charge in [-0.3, -0.25) is 0 Å². The Kier molecular flexibility index (Phi) is 4.57. The fourth-order valence-corrected chi connectivity index (χ4v) is 5.03. The van der Waals surface area contributed by atoms with Gasteiger partial charge in [0.15, 0.2) is 5.82 Å². The highest BCUT2D eigenvalue weighted by Crippen LogP contribution is 2.35. The third-order valence-corrected chi connectivity index (χ3v) is 6.62. The van der Waals surface area contributed by atoms with Gasteiger partial charge in [0.05, 0.1) is 17.2 Å². The number of piperazine rings is 1. The predicted octanol–water partition coefficient (Wildman–Crippen LogP) is 4.28. The van der Waals surface area contributed by atoms with Crippen molar-refractivity contribution in [1.29, 1.82) is 0 Å². The van der Waals surface area contributed by atoms with Crippen molar-refractivity contribution in [2.75, 3.05) is 23.3 Å². The van der Waals surface area contributed by atoms with Crippen molar-refractivity contribution in [3.05, 3.63) is 78.2 Å². The summed E-state index contributed by atoms with van der Waals surface area (Å²) in [6.45, 7) is 3.95. The molecule has 2 bridgehead atoms. The molecular formula is C25H25FN6. The standard InChI is InChI=1S/C25H25FN6/c1-16(20-6-2-4-8-22(20)26)29-24-13-18(10-11-27-24)32-23-9-5-3-7-21(23)25(30-32)31-15-17-12-19(31)14-28-17/h2-11,13,16-17,19,28H,12,14-15H2,1H3,(H,27,29)/t16?,17-,19-/m0/s1. The second-order valence-electron chi connectivity index (χ2n) is 8.69. The van der Waals surface area contributed by atoms with Crippen molar-refractivity contribution in [3.63, 3.8) is 0 Å². The Hall–Kier alpha value is -3.45. The lowest BCUT2D eigenvalue weighted by Gasteiger charge is -2.27. The average Bonchev–Trinajstić information content (AvgIpc) is 3.54. The van der Waals surface area contributed by atoms with Gasteiger partial charge in [-0.15, -0.1) is 5.10 Å². The zero-order chi connectivity index (χ0) is 21.7. The fraction of sp³-hybridized carbons (Fsp3) is 0.280. The molecule has 6 nitrogen and oxygen atoms in total. The number of para-hydroxylation sites is 1. The van der Waals surface area contributed by atoms with Crippen LogP contribution in [0.5, 0.6) is 0 Å². The van der Waals surface area contributed by atoms with E-state index >= 15 is 0 Å². The first-order chi connectivity index (χ1) is 15.7. The number of aromatic nitrogens is 3. The summed E-state index contributed by atoms with van der Waals surface area (Å²) in [4.78, 5) is 6.91. The number of nitrogens with zero attached hydrogens (tertiary/aromatic N) is 4. The molecule has 2 aliphatic rings. The summed E-state index contributed by atoms with van der Waals surface area (Å²) in [6.07, 6.45) is 2.95. The van der Waals surface area contributed by atoms with Gasteiger partial charge >= 0.3 is 0 Å². The maximum absolute atomic E-state index is 14.2. The quantitative estimate of drug-likeness (QED) is 0.497.